The van der Waals surface area contributed by atoms with Gasteiger partial charge in [0.15, 0.2) is 6.29 Å². The zero-order valence-electron chi connectivity index (χ0n) is 37.6. The van der Waals surface area contributed by atoms with Crippen molar-refractivity contribution in [1.82, 2.24) is 5.32 Å². The summed E-state index contributed by atoms with van der Waals surface area (Å²) in [6, 6.07) is -1.00. The van der Waals surface area contributed by atoms with Crippen molar-refractivity contribution in [1.29, 1.82) is 0 Å². The Kier molecular flexibility index (Phi) is 36.8. The lowest BCUT2D eigenvalue weighted by atomic mass is 9.99. The Balaban J connectivity index is 2.43. The first-order valence-electron chi connectivity index (χ1n) is 24.3. The van der Waals surface area contributed by atoms with Gasteiger partial charge in [-0.15, -0.1) is 0 Å². The van der Waals surface area contributed by atoms with Crippen LogP contribution in [0.3, 0.4) is 0 Å². The topological polar surface area (TPSA) is 169 Å². The Morgan fingerprint density at radius 2 is 1.00 bits per heavy atom. The Labute approximate surface area is 360 Å². The van der Waals surface area contributed by atoms with E-state index in [-0.39, 0.29) is 13.0 Å². The number of rotatable bonds is 40. The van der Waals surface area contributed by atoms with E-state index in [1.807, 2.05) is 6.08 Å². The summed E-state index contributed by atoms with van der Waals surface area (Å²) in [6.07, 6.45) is 38.0. The summed E-state index contributed by atoms with van der Waals surface area (Å²) in [5, 5.41) is 64.7. The maximum absolute atomic E-state index is 13.0. The highest BCUT2D eigenvalue weighted by Gasteiger charge is 2.44. The fourth-order valence-electron chi connectivity index (χ4n) is 7.53. The molecular formula is C49H91NO9. The van der Waals surface area contributed by atoms with Crippen LogP contribution >= 0.6 is 0 Å². The van der Waals surface area contributed by atoms with Crippen LogP contribution in [0.1, 0.15) is 206 Å². The average Bonchev–Trinajstić information content (AvgIpc) is 3.23. The maximum atomic E-state index is 13.0. The number of aliphatic hydroxyl groups is 6. The number of amides is 1. The third-order valence-electron chi connectivity index (χ3n) is 11.5. The number of hydrogen-bond donors (Lipinski definition) is 7. The quantitative estimate of drug-likeness (QED) is 0.0235. The third-order valence-corrected chi connectivity index (χ3v) is 11.5. The molecule has 1 aliphatic heterocycles. The lowest BCUT2D eigenvalue weighted by Gasteiger charge is -2.40. The molecule has 0 saturated carbocycles. The van der Waals surface area contributed by atoms with Crippen LogP contribution in [-0.2, 0) is 14.3 Å². The van der Waals surface area contributed by atoms with Gasteiger partial charge in [0.2, 0.25) is 5.91 Å². The number of allylic oxidation sites excluding steroid dienone is 5. The van der Waals surface area contributed by atoms with Crippen LogP contribution in [0.5, 0.6) is 0 Å². The van der Waals surface area contributed by atoms with Gasteiger partial charge in [-0.05, 0) is 57.8 Å². The molecule has 0 aliphatic carbocycles. The number of hydrogen-bond acceptors (Lipinski definition) is 9. The van der Waals surface area contributed by atoms with E-state index in [1.54, 1.807) is 6.08 Å². The van der Waals surface area contributed by atoms with E-state index in [4.69, 9.17) is 9.47 Å². The van der Waals surface area contributed by atoms with E-state index < -0.39 is 61.5 Å². The van der Waals surface area contributed by atoms with Gasteiger partial charge >= 0.3 is 0 Å². The first-order chi connectivity index (χ1) is 28.8. The largest absolute Gasteiger partial charge is 0.394 e. The van der Waals surface area contributed by atoms with Gasteiger partial charge in [0.1, 0.15) is 30.5 Å². The van der Waals surface area contributed by atoms with Crippen LogP contribution < -0.4 is 5.32 Å². The van der Waals surface area contributed by atoms with Crippen LogP contribution in [0.15, 0.2) is 36.5 Å². The Hall–Kier alpha value is -1.63. The van der Waals surface area contributed by atoms with Crippen LogP contribution in [0, 0.1) is 0 Å². The van der Waals surface area contributed by atoms with E-state index in [0.717, 1.165) is 44.9 Å². The van der Waals surface area contributed by atoms with Crippen molar-refractivity contribution in [2.24, 2.45) is 0 Å². The molecule has 346 valence electrons. The Bertz CT molecular complexity index is 1040. The highest BCUT2D eigenvalue weighted by Crippen LogP contribution is 2.23. The lowest BCUT2D eigenvalue weighted by Crippen LogP contribution is -2.60. The van der Waals surface area contributed by atoms with Gasteiger partial charge in [-0.3, -0.25) is 4.79 Å². The monoisotopic (exact) mass is 838 g/mol. The first-order valence-corrected chi connectivity index (χ1v) is 24.3. The predicted molar refractivity (Wildman–Crippen MR) is 241 cm³/mol. The number of aliphatic hydroxyl groups excluding tert-OH is 6. The summed E-state index contributed by atoms with van der Waals surface area (Å²) in [6.45, 7) is 3.59. The molecule has 1 aliphatic rings. The van der Waals surface area contributed by atoms with E-state index in [2.05, 4.69) is 43.5 Å². The van der Waals surface area contributed by atoms with Gasteiger partial charge in [0.05, 0.1) is 25.4 Å². The van der Waals surface area contributed by atoms with Crippen LogP contribution in [-0.4, -0.2) is 98.7 Å². The van der Waals surface area contributed by atoms with Crippen LogP contribution in [0.25, 0.3) is 0 Å². The summed E-state index contributed by atoms with van der Waals surface area (Å²) < 4.78 is 11.1. The van der Waals surface area contributed by atoms with Gasteiger partial charge in [-0.2, -0.15) is 0 Å². The zero-order valence-corrected chi connectivity index (χ0v) is 37.6. The summed E-state index contributed by atoms with van der Waals surface area (Å²) in [7, 11) is 0. The fraction of sp³-hybridized carbons (Fsp3) is 0.857. The second-order valence-corrected chi connectivity index (χ2v) is 17.0. The average molecular weight is 838 g/mol. The molecule has 10 heteroatoms. The molecule has 59 heavy (non-hydrogen) atoms. The highest BCUT2D eigenvalue weighted by molar-refractivity contribution is 5.80. The van der Waals surface area contributed by atoms with E-state index >= 15 is 0 Å². The molecule has 0 spiro atoms. The van der Waals surface area contributed by atoms with E-state index in [1.165, 1.54) is 128 Å². The lowest BCUT2D eigenvalue weighted by molar-refractivity contribution is -0.302. The molecule has 1 amide bonds. The molecule has 1 rings (SSSR count). The Morgan fingerprint density at radius 3 is 1.47 bits per heavy atom. The second kappa shape index (κ2) is 39.2. The van der Waals surface area contributed by atoms with Crippen LogP contribution in [0.2, 0.25) is 0 Å². The minimum absolute atomic E-state index is 0.290. The molecule has 10 nitrogen and oxygen atoms in total. The molecule has 0 radical (unpaired) electrons. The van der Waals surface area contributed by atoms with Gasteiger partial charge in [0, 0.05) is 0 Å². The normalized spacial score (nSPS) is 21.5. The predicted octanol–water partition coefficient (Wildman–Crippen LogP) is 9.42. The number of nitrogens with one attached hydrogen (secondary N) is 1. The SMILES string of the molecule is CCCCCCCCCCC/C=C\CCCCCCC(O)C(=O)NC(COC1OC(CO)C(O)C(O)C1O)C(O)/C=C/CC/C=C/CCCCCCCCCCCCC. The minimum Gasteiger partial charge on any atom is -0.394 e. The molecule has 8 unspecified atom stereocenters. The van der Waals surface area contributed by atoms with E-state index in [0.29, 0.717) is 12.8 Å². The van der Waals surface area contributed by atoms with Crippen molar-refractivity contribution >= 4 is 5.91 Å². The molecular weight excluding hydrogens is 747 g/mol. The highest BCUT2D eigenvalue weighted by atomic mass is 16.7. The molecule has 7 N–H and O–H groups in total. The molecule has 8 atom stereocenters. The standard InChI is InChI=1S/C49H91NO9/c1-3-5-7-9-11-13-15-17-19-21-23-25-27-29-31-33-35-37-42(52)41(40-58-49-47(56)46(55)45(54)44(39-51)59-49)50-48(57)43(53)38-36-34-32-30-28-26-24-22-20-18-16-14-12-10-8-6-4-2/h24,26-27,29,35,37,41-47,49,51-56H,3-23,25,28,30-34,36,38-40H2,1-2H3,(H,50,57)/b26-24-,29-27+,37-35+. The molecule has 1 fully saturated rings. The van der Waals surface area contributed by atoms with Gasteiger partial charge in [-0.25, -0.2) is 0 Å². The molecule has 0 bridgehead atoms. The van der Waals surface area contributed by atoms with E-state index in [9.17, 15) is 35.4 Å². The van der Waals surface area contributed by atoms with Crippen LogP contribution in [0.4, 0.5) is 0 Å². The van der Waals surface area contributed by atoms with Crippen molar-refractivity contribution < 1.29 is 44.9 Å². The zero-order chi connectivity index (χ0) is 43.2. The molecule has 1 saturated heterocycles. The number of ether oxygens (including phenoxy) is 2. The molecule has 0 aromatic heterocycles. The third kappa shape index (κ3) is 29.3. The van der Waals surface area contributed by atoms with Gasteiger partial charge in [0.25, 0.3) is 0 Å². The summed E-state index contributed by atoms with van der Waals surface area (Å²) in [4.78, 5) is 13.0. The molecule has 0 aromatic carbocycles. The smallest absolute Gasteiger partial charge is 0.249 e. The number of unbranched alkanes of at least 4 members (excludes halogenated alkanes) is 25. The summed E-state index contributed by atoms with van der Waals surface area (Å²) in [5.41, 5.74) is 0. The second-order valence-electron chi connectivity index (χ2n) is 17.0. The first kappa shape index (κ1) is 55.4. The van der Waals surface area contributed by atoms with Crippen molar-refractivity contribution in [2.75, 3.05) is 13.2 Å². The fourth-order valence-corrected chi connectivity index (χ4v) is 7.53. The Morgan fingerprint density at radius 1 is 0.576 bits per heavy atom. The summed E-state index contributed by atoms with van der Waals surface area (Å²) >= 11 is 0. The number of carbonyl (C=O) groups is 1. The minimum atomic E-state index is -1.62. The van der Waals surface area contributed by atoms with Crippen molar-refractivity contribution in [3.8, 4) is 0 Å². The van der Waals surface area contributed by atoms with Gasteiger partial charge in [-0.1, -0.05) is 185 Å². The van der Waals surface area contributed by atoms with Crippen molar-refractivity contribution in [3.63, 3.8) is 0 Å². The molecule has 0 aromatic rings. The maximum Gasteiger partial charge on any atom is 0.249 e. The summed E-state index contributed by atoms with van der Waals surface area (Å²) in [5.74, 6) is -0.635. The molecule has 1 heterocycles. The van der Waals surface area contributed by atoms with Crippen molar-refractivity contribution in [3.05, 3.63) is 36.5 Å². The van der Waals surface area contributed by atoms with Crippen molar-refractivity contribution in [2.45, 2.75) is 255 Å². The number of carbonyl (C=O) groups excluding carboxylic acids is 1. The van der Waals surface area contributed by atoms with Gasteiger partial charge < -0.3 is 45.4 Å².